The molecule has 43 heavy (non-hydrogen) atoms. The molecule has 0 bridgehead atoms. The highest BCUT2D eigenvalue weighted by molar-refractivity contribution is 5.52. The van der Waals surface area contributed by atoms with Crippen LogP contribution in [0.5, 0.6) is 5.75 Å². The Morgan fingerprint density at radius 3 is 2.21 bits per heavy atom. The first-order valence-electron chi connectivity index (χ1n) is 17.2. The summed E-state index contributed by atoms with van der Waals surface area (Å²) in [6.07, 6.45) is 15.1. The number of carbonyl (C=O) groups excluding carboxylic acids is 1. The number of nitrogens with zero attached hydrogens (tertiary/aromatic N) is 3. The van der Waals surface area contributed by atoms with Gasteiger partial charge in [-0.2, -0.15) is 0 Å². The van der Waals surface area contributed by atoms with Crippen LogP contribution in [0.4, 0.5) is 0 Å². The molecule has 0 N–H and O–H groups in total. The molecule has 2 aromatic rings. The van der Waals surface area contributed by atoms with Gasteiger partial charge >= 0.3 is 0 Å². The SMILES string of the molecule is CC.CCCCC.CCCCN(C)CCCC.O=CCN1CC(c2ccc3c(c2)CCO3)CC1CCn1ccccc1=O. The van der Waals surface area contributed by atoms with E-state index in [1.807, 2.05) is 26.1 Å². The second kappa shape index (κ2) is 23.9. The first-order valence-corrected chi connectivity index (χ1v) is 17.2. The topological polar surface area (TPSA) is 54.8 Å². The van der Waals surface area contributed by atoms with Crippen molar-refractivity contribution in [3.63, 3.8) is 0 Å². The number of aldehydes is 1. The minimum atomic E-state index is 0.0302. The molecule has 0 aliphatic carbocycles. The van der Waals surface area contributed by atoms with Crippen molar-refractivity contribution in [2.24, 2.45) is 0 Å². The quantitative estimate of drug-likeness (QED) is 0.207. The highest BCUT2D eigenvalue weighted by Crippen LogP contribution is 2.36. The molecule has 0 radical (unpaired) electrons. The summed E-state index contributed by atoms with van der Waals surface area (Å²) in [4.78, 5) is 27.7. The molecule has 1 aromatic heterocycles. The van der Waals surface area contributed by atoms with Crippen LogP contribution >= 0.6 is 0 Å². The number of hydrogen-bond donors (Lipinski definition) is 0. The van der Waals surface area contributed by atoms with Gasteiger partial charge in [0.2, 0.25) is 5.56 Å². The van der Waals surface area contributed by atoms with E-state index in [0.717, 1.165) is 44.4 Å². The Bertz CT molecular complexity index is 1030. The lowest BCUT2D eigenvalue weighted by Gasteiger charge is -2.22. The molecule has 4 rings (SSSR count). The largest absolute Gasteiger partial charge is 0.493 e. The van der Waals surface area contributed by atoms with Gasteiger partial charge in [0.15, 0.2) is 0 Å². The van der Waals surface area contributed by atoms with E-state index in [0.29, 0.717) is 25.0 Å². The Kier molecular flexibility index (Phi) is 21.5. The molecule has 0 amide bonds. The number of benzene rings is 1. The summed E-state index contributed by atoms with van der Waals surface area (Å²) >= 11 is 0. The monoisotopic (exact) mass is 597 g/mol. The zero-order valence-corrected chi connectivity index (χ0v) is 28.7. The van der Waals surface area contributed by atoms with E-state index in [9.17, 15) is 9.59 Å². The average molecular weight is 598 g/mol. The fourth-order valence-corrected chi connectivity index (χ4v) is 5.56. The van der Waals surface area contributed by atoms with Crippen molar-refractivity contribution < 1.29 is 9.53 Å². The van der Waals surface area contributed by atoms with Crippen molar-refractivity contribution in [3.8, 4) is 5.75 Å². The second-order valence-corrected chi connectivity index (χ2v) is 11.6. The lowest BCUT2D eigenvalue weighted by molar-refractivity contribution is -0.109. The summed E-state index contributed by atoms with van der Waals surface area (Å²) in [5, 5.41) is 0. The number of unbranched alkanes of at least 4 members (excludes halogenated alkanes) is 4. The molecule has 6 heteroatoms. The van der Waals surface area contributed by atoms with Gasteiger partial charge in [-0.25, -0.2) is 0 Å². The number of likely N-dealkylation sites (tertiary alicyclic amines) is 1. The van der Waals surface area contributed by atoms with E-state index in [2.05, 4.69) is 62.7 Å². The number of aryl methyl sites for hydroxylation is 1. The fraction of sp³-hybridized carbons (Fsp3) is 0.676. The van der Waals surface area contributed by atoms with Crippen molar-refractivity contribution in [2.75, 3.05) is 39.8 Å². The molecule has 2 aliphatic rings. The zero-order valence-electron chi connectivity index (χ0n) is 28.7. The molecular weight excluding hydrogens is 534 g/mol. The Hall–Kier alpha value is -2.44. The van der Waals surface area contributed by atoms with E-state index in [1.54, 1.807) is 16.7 Å². The lowest BCUT2D eigenvalue weighted by atomic mass is 9.93. The standard InChI is InChI=1S/C21H24N2O3.C9H21N.C5H12.C2H6/c24-11-10-23-15-18(16-4-5-20-17(13-16)7-12-26-20)14-19(23)6-9-22-8-2-1-3-21(22)25;1-4-6-8-10(3)9-7-5-2;1-3-5-4-2;1-2/h1-5,8,11,13,18-19H,6-7,9-10,12,14-15H2;4-9H2,1-3H3;3-5H2,1-2H3;1-2H3. The first kappa shape index (κ1) is 38.6. The number of pyridine rings is 1. The van der Waals surface area contributed by atoms with Crippen molar-refractivity contribution in [2.45, 2.75) is 124 Å². The molecule has 2 unspecified atom stereocenters. The summed E-state index contributed by atoms with van der Waals surface area (Å²) in [5.41, 5.74) is 2.66. The Balaban J connectivity index is 0.000000453. The van der Waals surface area contributed by atoms with Crippen LogP contribution in [0, 0.1) is 0 Å². The maximum absolute atomic E-state index is 11.9. The smallest absolute Gasteiger partial charge is 0.250 e. The number of ether oxygens (including phenoxy) is 1. The second-order valence-electron chi connectivity index (χ2n) is 11.6. The molecule has 244 valence electrons. The average Bonchev–Trinajstić information content (AvgIpc) is 3.67. The summed E-state index contributed by atoms with van der Waals surface area (Å²) in [6.45, 7) is 18.3. The number of aromatic nitrogens is 1. The molecule has 0 spiro atoms. The summed E-state index contributed by atoms with van der Waals surface area (Å²) in [5.74, 6) is 1.44. The van der Waals surface area contributed by atoms with Crippen molar-refractivity contribution in [1.29, 1.82) is 0 Å². The first-order chi connectivity index (χ1) is 21.0. The summed E-state index contributed by atoms with van der Waals surface area (Å²) < 4.78 is 7.36. The number of rotatable bonds is 14. The van der Waals surface area contributed by atoms with E-state index in [1.165, 1.54) is 69.2 Å². The minimum absolute atomic E-state index is 0.0302. The normalized spacial score (nSPS) is 17.0. The third-order valence-corrected chi connectivity index (χ3v) is 8.12. The molecule has 1 saturated heterocycles. The predicted molar refractivity (Wildman–Crippen MR) is 184 cm³/mol. The van der Waals surface area contributed by atoms with Gasteiger partial charge in [-0.3, -0.25) is 9.69 Å². The van der Waals surface area contributed by atoms with Gasteiger partial charge < -0.3 is 19.0 Å². The van der Waals surface area contributed by atoms with Gasteiger partial charge in [-0.05, 0) is 75.0 Å². The predicted octanol–water partition coefficient (Wildman–Crippen LogP) is 7.97. The van der Waals surface area contributed by atoms with Gasteiger partial charge in [0.05, 0.1) is 13.2 Å². The maximum atomic E-state index is 11.9. The van der Waals surface area contributed by atoms with Crippen LogP contribution in [0.3, 0.4) is 0 Å². The van der Waals surface area contributed by atoms with Crippen molar-refractivity contribution in [3.05, 3.63) is 64.1 Å². The number of hydrogen-bond acceptors (Lipinski definition) is 5. The molecule has 0 saturated carbocycles. The highest BCUT2D eigenvalue weighted by atomic mass is 16.5. The van der Waals surface area contributed by atoms with Gasteiger partial charge in [-0.1, -0.05) is 91.8 Å². The molecule has 6 nitrogen and oxygen atoms in total. The van der Waals surface area contributed by atoms with E-state index in [-0.39, 0.29) is 5.56 Å². The molecule has 1 fully saturated rings. The van der Waals surface area contributed by atoms with E-state index >= 15 is 0 Å². The highest BCUT2D eigenvalue weighted by Gasteiger charge is 2.32. The van der Waals surface area contributed by atoms with Gasteiger partial charge in [0.25, 0.3) is 0 Å². The summed E-state index contributed by atoms with van der Waals surface area (Å²) in [7, 11) is 2.21. The van der Waals surface area contributed by atoms with Crippen LogP contribution in [-0.2, 0) is 17.8 Å². The van der Waals surface area contributed by atoms with Gasteiger partial charge in [0, 0.05) is 37.8 Å². The molecular formula is C37H63N3O3. The number of carbonyl (C=O) groups is 1. The van der Waals surface area contributed by atoms with E-state index in [4.69, 9.17) is 4.74 Å². The van der Waals surface area contributed by atoms with Crippen LogP contribution < -0.4 is 10.3 Å². The number of fused-ring (bicyclic) bond motifs is 1. The molecule has 1 aromatic carbocycles. The minimum Gasteiger partial charge on any atom is -0.493 e. The van der Waals surface area contributed by atoms with Crippen LogP contribution in [-0.4, -0.2) is 66.5 Å². The molecule has 2 atom stereocenters. The van der Waals surface area contributed by atoms with Gasteiger partial charge in [0.1, 0.15) is 12.0 Å². The van der Waals surface area contributed by atoms with Gasteiger partial charge in [-0.15, -0.1) is 0 Å². The fourth-order valence-electron chi connectivity index (χ4n) is 5.56. The maximum Gasteiger partial charge on any atom is 0.250 e. The van der Waals surface area contributed by atoms with Crippen molar-refractivity contribution >= 4 is 6.29 Å². The Morgan fingerprint density at radius 2 is 1.63 bits per heavy atom. The van der Waals surface area contributed by atoms with Crippen LogP contribution in [0.1, 0.15) is 116 Å². The Labute approximate surface area is 263 Å². The van der Waals surface area contributed by atoms with Crippen LogP contribution in [0.15, 0.2) is 47.4 Å². The third-order valence-electron chi connectivity index (χ3n) is 8.12. The Morgan fingerprint density at radius 1 is 0.953 bits per heavy atom. The van der Waals surface area contributed by atoms with Crippen molar-refractivity contribution in [1.82, 2.24) is 14.4 Å². The molecule has 2 aliphatic heterocycles. The zero-order chi connectivity index (χ0) is 31.9. The third kappa shape index (κ3) is 14.7. The molecule has 3 heterocycles. The van der Waals surface area contributed by atoms with Crippen LogP contribution in [0.25, 0.3) is 0 Å². The van der Waals surface area contributed by atoms with E-state index < -0.39 is 0 Å². The summed E-state index contributed by atoms with van der Waals surface area (Å²) in [6, 6.07) is 12.1. The lowest BCUT2D eigenvalue weighted by Crippen LogP contribution is -2.33. The van der Waals surface area contributed by atoms with Crippen LogP contribution in [0.2, 0.25) is 0 Å².